The second kappa shape index (κ2) is 5.82. The summed E-state index contributed by atoms with van der Waals surface area (Å²) in [5.74, 6) is 0. The number of rotatable bonds is 4. The fourth-order valence-corrected chi connectivity index (χ4v) is 1.87. The number of methoxy groups -OCH3 is 1. The Bertz CT molecular complexity index is 349. The van der Waals surface area contributed by atoms with Crippen molar-refractivity contribution < 1.29 is 4.74 Å². The van der Waals surface area contributed by atoms with Crippen LogP contribution in [-0.4, -0.2) is 36.6 Å². The monoisotopic (exact) mass is 221 g/mol. The van der Waals surface area contributed by atoms with Gasteiger partial charge in [0.05, 0.1) is 18.8 Å². The van der Waals surface area contributed by atoms with Crippen LogP contribution in [0.1, 0.15) is 18.5 Å². The average Bonchev–Trinajstić information content (AvgIpc) is 2.75. The zero-order valence-corrected chi connectivity index (χ0v) is 9.78. The van der Waals surface area contributed by atoms with Crippen molar-refractivity contribution in [2.75, 3.05) is 26.8 Å². The van der Waals surface area contributed by atoms with Gasteiger partial charge in [0.15, 0.2) is 0 Å². The maximum absolute atomic E-state index is 5.02. The van der Waals surface area contributed by atoms with Crippen LogP contribution in [0.4, 0.5) is 0 Å². The predicted octanol–water partition coefficient (Wildman–Crippen LogP) is 1.30. The Balaban J connectivity index is 1.95. The van der Waals surface area contributed by atoms with Gasteiger partial charge >= 0.3 is 0 Å². The molecule has 0 aromatic carbocycles. The van der Waals surface area contributed by atoms with E-state index in [4.69, 9.17) is 4.74 Å². The summed E-state index contributed by atoms with van der Waals surface area (Å²) >= 11 is 0. The number of piperidine rings is 1. The molecule has 0 amide bonds. The molecule has 88 valence electrons. The molecule has 4 heteroatoms. The summed E-state index contributed by atoms with van der Waals surface area (Å²) in [5.41, 5.74) is 2.50. The molecular formula is C12H19N3O. The summed E-state index contributed by atoms with van der Waals surface area (Å²) < 4.78 is 6.94. The SMILES string of the molecule is COCCn1ccc(C=C2CCCNC2)n1. The fraction of sp³-hybridized carbons (Fsp3) is 0.583. The molecule has 1 aliphatic heterocycles. The van der Waals surface area contributed by atoms with Crippen LogP contribution < -0.4 is 5.32 Å². The van der Waals surface area contributed by atoms with E-state index in [9.17, 15) is 0 Å². The Morgan fingerprint density at radius 1 is 1.62 bits per heavy atom. The van der Waals surface area contributed by atoms with E-state index in [1.807, 2.05) is 10.9 Å². The van der Waals surface area contributed by atoms with E-state index in [1.165, 1.54) is 18.4 Å². The van der Waals surface area contributed by atoms with Crippen LogP contribution in [0.15, 0.2) is 17.8 Å². The lowest BCUT2D eigenvalue weighted by atomic mass is 10.1. The van der Waals surface area contributed by atoms with E-state index in [2.05, 4.69) is 22.6 Å². The summed E-state index contributed by atoms with van der Waals surface area (Å²) in [7, 11) is 1.71. The van der Waals surface area contributed by atoms with E-state index in [-0.39, 0.29) is 0 Å². The number of nitrogens with zero attached hydrogens (tertiary/aromatic N) is 2. The molecule has 0 spiro atoms. The van der Waals surface area contributed by atoms with E-state index in [1.54, 1.807) is 7.11 Å². The topological polar surface area (TPSA) is 39.1 Å². The Labute approximate surface area is 96.3 Å². The fourth-order valence-electron chi connectivity index (χ4n) is 1.87. The molecular weight excluding hydrogens is 202 g/mol. The molecule has 1 aromatic heterocycles. The molecule has 16 heavy (non-hydrogen) atoms. The van der Waals surface area contributed by atoms with Gasteiger partial charge in [-0.15, -0.1) is 0 Å². The lowest BCUT2D eigenvalue weighted by Gasteiger charge is -2.14. The van der Waals surface area contributed by atoms with E-state index < -0.39 is 0 Å². The van der Waals surface area contributed by atoms with Crippen LogP contribution in [0.25, 0.3) is 6.08 Å². The van der Waals surface area contributed by atoms with Crippen molar-refractivity contribution in [2.45, 2.75) is 19.4 Å². The van der Waals surface area contributed by atoms with Crippen molar-refractivity contribution in [3.8, 4) is 0 Å². The second-order valence-corrected chi connectivity index (χ2v) is 4.08. The predicted molar refractivity (Wildman–Crippen MR) is 64.2 cm³/mol. The highest BCUT2D eigenvalue weighted by Gasteiger charge is 2.05. The quantitative estimate of drug-likeness (QED) is 0.833. The van der Waals surface area contributed by atoms with Crippen LogP contribution in [0.3, 0.4) is 0 Å². The maximum atomic E-state index is 5.02. The van der Waals surface area contributed by atoms with E-state index >= 15 is 0 Å². The van der Waals surface area contributed by atoms with Gasteiger partial charge in [-0.05, 0) is 31.5 Å². The molecule has 2 heterocycles. The lowest BCUT2D eigenvalue weighted by molar-refractivity contribution is 0.183. The molecule has 1 saturated heterocycles. The molecule has 1 fully saturated rings. The highest BCUT2D eigenvalue weighted by Crippen LogP contribution is 2.12. The summed E-state index contributed by atoms with van der Waals surface area (Å²) in [5, 5.41) is 7.85. The van der Waals surface area contributed by atoms with Crippen molar-refractivity contribution in [1.82, 2.24) is 15.1 Å². The van der Waals surface area contributed by atoms with E-state index in [0.717, 1.165) is 25.3 Å². The molecule has 2 rings (SSSR count). The van der Waals surface area contributed by atoms with Gasteiger partial charge in [-0.2, -0.15) is 5.10 Å². The van der Waals surface area contributed by atoms with Gasteiger partial charge in [-0.3, -0.25) is 4.68 Å². The van der Waals surface area contributed by atoms with Crippen LogP contribution in [-0.2, 0) is 11.3 Å². The molecule has 0 bridgehead atoms. The van der Waals surface area contributed by atoms with Gasteiger partial charge in [0.1, 0.15) is 0 Å². The number of ether oxygens (including phenoxy) is 1. The van der Waals surface area contributed by atoms with Gasteiger partial charge < -0.3 is 10.1 Å². The maximum Gasteiger partial charge on any atom is 0.0850 e. The standard InChI is InChI=1S/C12H19N3O/c1-16-8-7-15-6-4-12(14-15)9-11-3-2-5-13-10-11/h4,6,9,13H,2-3,5,7-8,10H2,1H3. The molecule has 0 unspecified atom stereocenters. The van der Waals surface area contributed by atoms with E-state index in [0.29, 0.717) is 6.61 Å². The lowest BCUT2D eigenvalue weighted by Crippen LogP contribution is -2.23. The van der Waals surface area contributed by atoms with Crippen LogP contribution in [0, 0.1) is 0 Å². The molecule has 0 atom stereocenters. The molecule has 0 saturated carbocycles. The average molecular weight is 221 g/mol. The highest BCUT2D eigenvalue weighted by molar-refractivity contribution is 5.49. The highest BCUT2D eigenvalue weighted by atomic mass is 16.5. The smallest absolute Gasteiger partial charge is 0.0850 e. The van der Waals surface area contributed by atoms with Crippen molar-refractivity contribution >= 4 is 6.08 Å². The van der Waals surface area contributed by atoms with Crippen LogP contribution in [0.5, 0.6) is 0 Å². The third-order valence-corrected chi connectivity index (χ3v) is 2.74. The zero-order valence-electron chi connectivity index (χ0n) is 9.78. The first kappa shape index (κ1) is 11.4. The molecule has 1 aromatic rings. The summed E-state index contributed by atoms with van der Waals surface area (Å²) in [4.78, 5) is 0. The van der Waals surface area contributed by atoms with Gasteiger partial charge in [0.25, 0.3) is 0 Å². The summed E-state index contributed by atoms with van der Waals surface area (Å²) in [6.07, 6.45) is 6.62. The van der Waals surface area contributed by atoms with Gasteiger partial charge in [0.2, 0.25) is 0 Å². The second-order valence-electron chi connectivity index (χ2n) is 4.08. The number of hydrogen-bond donors (Lipinski definition) is 1. The van der Waals surface area contributed by atoms with Crippen molar-refractivity contribution in [1.29, 1.82) is 0 Å². The van der Waals surface area contributed by atoms with Crippen LogP contribution in [0.2, 0.25) is 0 Å². The minimum absolute atomic E-state index is 0.708. The summed E-state index contributed by atoms with van der Waals surface area (Å²) in [6.45, 7) is 3.67. The zero-order chi connectivity index (χ0) is 11.2. The minimum Gasteiger partial charge on any atom is -0.383 e. The van der Waals surface area contributed by atoms with Crippen molar-refractivity contribution in [3.63, 3.8) is 0 Å². The number of aromatic nitrogens is 2. The third kappa shape index (κ3) is 3.18. The first-order valence-electron chi connectivity index (χ1n) is 5.81. The Hall–Kier alpha value is -1.13. The third-order valence-electron chi connectivity index (χ3n) is 2.74. The Morgan fingerprint density at radius 3 is 3.31 bits per heavy atom. The molecule has 0 radical (unpaired) electrons. The number of nitrogens with one attached hydrogen (secondary N) is 1. The van der Waals surface area contributed by atoms with Crippen LogP contribution >= 0.6 is 0 Å². The van der Waals surface area contributed by atoms with Gasteiger partial charge in [-0.1, -0.05) is 5.57 Å². The minimum atomic E-state index is 0.708. The van der Waals surface area contributed by atoms with Gasteiger partial charge in [0, 0.05) is 19.9 Å². The van der Waals surface area contributed by atoms with Crippen molar-refractivity contribution in [3.05, 3.63) is 23.5 Å². The first-order valence-corrected chi connectivity index (χ1v) is 5.81. The Morgan fingerprint density at radius 2 is 2.56 bits per heavy atom. The van der Waals surface area contributed by atoms with Crippen molar-refractivity contribution in [2.24, 2.45) is 0 Å². The molecule has 4 nitrogen and oxygen atoms in total. The number of hydrogen-bond acceptors (Lipinski definition) is 3. The molecule has 1 aliphatic rings. The normalized spacial score (nSPS) is 19.2. The van der Waals surface area contributed by atoms with Gasteiger partial charge in [-0.25, -0.2) is 0 Å². The molecule has 0 aliphatic carbocycles. The first-order chi connectivity index (χ1) is 7.88. The summed E-state index contributed by atoms with van der Waals surface area (Å²) in [6, 6.07) is 2.05. The molecule has 1 N–H and O–H groups in total. The largest absolute Gasteiger partial charge is 0.383 e. The Kier molecular flexibility index (Phi) is 4.13.